The van der Waals surface area contributed by atoms with E-state index in [4.69, 9.17) is 20.4 Å². The minimum absolute atomic E-state index is 0.425. The first-order valence-electron chi connectivity index (χ1n) is 5.64. The Hall–Kier alpha value is -2.49. The Kier molecular flexibility index (Phi) is 10.2. The minimum atomic E-state index is -1.58. The fourth-order valence-corrected chi connectivity index (χ4v) is 0.935. The second kappa shape index (κ2) is 10.3. The normalized spacial score (nSPS) is 12.1. The van der Waals surface area contributed by atoms with Gasteiger partial charge in [-0.05, 0) is 6.92 Å². The summed E-state index contributed by atoms with van der Waals surface area (Å²) in [6.45, 7) is 2.49. The van der Waals surface area contributed by atoms with E-state index < -0.39 is 54.6 Å². The zero-order valence-electron chi connectivity index (χ0n) is 11.4. The van der Waals surface area contributed by atoms with E-state index in [0.29, 0.717) is 0 Å². The van der Waals surface area contributed by atoms with Gasteiger partial charge in [-0.15, -0.1) is 0 Å². The maximum Gasteiger partial charge on any atom is 0.372 e. The van der Waals surface area contributed by atoms with Crippen LogP contribution in [0.15, 0.2) is 0 Å². The molecule has 0 rings (SSSR count). The van der Waals surface area contributed by atoms with Crippen LogP contribution in [0.3, 0.4) is 0 Å². The first-order chi connectivity index (χ1) is 9.48. The molecule has 0 aromatic rings. The summed E-state index contributed by atoms with van der Waals surface area (Å²) in [6, 6.07) is -1.22. The van der Waals surface area contributed by atoms with Gasteiger partial charge in [-0.3, -0.25) is 14.4 Å². The third kappa shape index (κ3) is 12.3. The summed E-state index contributed by atoms with van der Waals surface area (Å²) in [5.74, 6) is -5.54. The Bertz CT molecular complexity index is 416. The van der Waals surface area contributed by atoms with Gasteiger partial charge in [-0.2, -0.15) is 0 Å². The van der Waals surface area contributed by atoms with Crippen LogP contribution in [0.1, 0.15) is 26.7 Å². The van der Waals surface area contributed by atoms with Gasteiger partial charge in [0, 0.05) is 13.3 Å². The van der Waals surface area contributed by atoms with E-state index in [1.807, 2.05) is 0 Å². The second-order valence-corrected chi connectivity index (χ2v) is 3.88. The Labute approximate surface area is 119 Å². The molecule has 2 atom stereocenters. The van der Waals surface area contributed by atoms with Crippen LogP contribution in [0.2, 0.25) is 0 Å². The van der Waals surface area contributed by atoms with Crippen LogP contribution in [-0.4, -0.2) is 62.2 Å². The average molecular weight is 307 g/mol. The molecule has 0 heterocycles. The van der Waals surface area contributed by atoms with Gasteiger partial charge in [0.05, 0.1) is 12.5 Å². The van der Waals surface area contributed by atoms with Crippen molar-refractivity contribution in [3.05, 3.63) is 0 Å². The number of Topliss-reactive ketones (excluding diaryl/α,β-unsaturated/α-hetero) is 1. The van der Waals surface area contributed by atoms with Gasteiger partial charge in [0.1, 0.15) is 0 Å². The molecule has 1 amide bonds. The molecule has 0 spiro atoms. The number of hydrogen-bond acceptors (Lipinski definition) is 6. The molecule has 0 saturated heterocycles. The van der Waals surface area contributed by atoms with E-state index >= 15 is 0 Å². The van der Waals surface area contributed by atoms with Crippen LogP contribution >= 0.6 is 0 Å². The summed E-state index contributed by atoms with van der Waals surface area (Å²) >= 11 is 0. The van der Waals surface area contributed by atoms with Crippen LogP contribution in [0.4, 0.5) is 0 Å². The van der Waals surface area contributed by atoms with Gasteiger partial charge < -0.3 is 25.7 Å². The lowest BCUT2D eigenvalue weighted by molar-refractivity contribution is -0.149. The Morgan fingerprint density at radius 2 is 1.48 bits per heavy atom. The lowest BCUT2D eigenvalue weighted by Gasteiger charge is -2.15. The second-order valence-electron chi connectivity index (χ2n) is 3.88. The molecule has 0 aliphatic carbocycles. The predicted molar refractivity (Wildman–Crippen MR) is 66.4 cm³/mol. The molecular weight excluding hydrogens is 290 g/mol. The van der Waals surface area contributed by atoms with Crippen molar-refractivity contribution in [2.75, 3.05) is 0 Å². The van der Waals surface area contributed by atoms with Crippen molar-refractivity contribution in [1.29, 1.82) is 0 Å². The van der Waals surface area contributed by atoms with Gasteiger partial charge in [0.2, 0.25) is 11.7 Å². The van der Waals surface area contributed by atoms with E-state index in [0.717, 1.165) is 0 Å². The maximum absolute atomic E-state index is 10.4. The summed E-state index contributed by atoms with van der Waals surface area (Å²) < 4.78 is 0. The number of carbonyl (C=O) groups is 5. The molecule has 0 unspecified atom stereocenters. The van der Waals surface area contributed by atoms with Crippen LogP contribution in [-0.2, 0) is 24.0 Å². The summed E-state index contributed by atoms with van der Waals surface area (Å²) in [4.78, 5) is 50.4. The Balaban J connectivity index is 0. The molecule has 0 aromatic carbocycles. The number of nitrogens with one attached hydrogen (secondary N) is 1. The maximum atomic E-state index is 10.4. The largest absolute Gasteiger partial charge is 0.481 e. The van der Waals surface area contributed by atoms with Crippen LogP contribution in [0.25, 0.3) is 0 Å². The van der Waals surface area contributed by atoms with Crippen LogP contribution < -0.4 is 5.32 Å². The smallest absolute Gasteiger partial charge is 0.372 e. The Morgan fingerprint density at radius 1 is 1.00 bits per heavy atom. The lowest BCUT2D eigenvalue weighted by Crippen LogP contribution is -2.46. The van der Waals surface area contributed by atoms with Crippen molar-refractivity contribution < 1.29 is 44.4 Å². The molecule has 0 fully saturated rings. The van der Waals surface area contributed by atoms with Crippen LogP contribution in [0.5, 0.6) is 0 Å². The third-order valence-electron chi connectivity index (χ3n) is 1.91. The average Bonchev–Trinajstić information content (AvgIpc) is 2.32. The molecule has 21 heavy (non-hydrogen) atoms. The highest BCUT2D eigenvalue weighted by atomic mass is 16.4. The topological polar surface area (TPSA) is 178 Å². The van der Waals surface area contributed by atoms with Gasteiger partial charge in [0.25, 0.3) is 0 Å². The summed E-state index contributed by atoms with van der Waals surface area (Å²) in [5.41, 5.74) is 0. The molecule has 0 aromatic heterocycles. The van der Waals surface area contributed by atoms with Gasteiger partial charge >= 0.3 is 17.9 Å². The summed E-state index contributed by atoms with van der Waals surface area (Å²) in [6.07, 6.45) is -1.95. The van der Waals surface area contributed by atoms with Crippen molar-refractivity contribution in [1.82, 2.24) is 5.32 Å². The number of carbonyl (C=O) groups excluding carboxylic acids is 2. The number of rotatable bonds is 7. The number of carboxylic acids is 3. The number of ketones is 1. The monoisotopic (exact) mass is 307 g/mol. The van der Waals surface area contributed by atoms with Gasteiger partial charge in [-0.25, -0.2) is 9.59 Å². The molecule has 0 bridgehead atoms. The highest BCUT2D eigenvalue weighted by Gasteiger charge is 2.23. The number of aliphatic carboxylic acids is 3. The fourth-order valence-electron chi connectivity index (χ4n) is 0.935. The van der Waals surface area contributed by atoms with Crippen molar-refractivity contribution in [2.45, 2.75) is 38.8 Å². The highest BCUT2D eigenvalue weighted by Crippen LogP contribution is 1.92. The zero-order chi connectivity index (χ0) is 17.2. The standard InChI is InChI=1S/C6H11NO4.C5H6O5/c1-3(8)5(6(10)11)7-4(2)9;6-3(5(9)10)1-2-4(7)8/h3,5,8H,1-2H3,(H,7,9)(H,10,11);1-2H2,(H,7,8)(H,9,10)/t3-,5+;/m1./s1. The number of amides is 1. The molecule has 10 heteroatoms. The first kappa shape index (κ1) is 20.8. The molecule has 0 saturated carbocycles. The minimum Gasteiger partial charge on any atom is -0.481 e. The number of carboxylic acid groups (broad SMARTS) is 3. The van der Waals surface area contributed by atoms with Gasteiger partial charge in [-0.1, -0.05) is 0 Å². The predicted octanol–water partition coefficient (Wildman–Crippen LogP) is -1.54. The Morgan fingerprint density at radius 3 is 1.67 bits per heavy atom. The van der Waals surface area contributed by atoms with Crippen molar-refractivity contribution >= 4 is 29.6 Å². The molecule has 0 aliphatic rings. The molecular formula is C11H17NO9. The summed E-state index contributed by atoms with van der Waals surface area (Å²) in [7, 11) is 0. The first-order valence-corrected chi connectivity index (χ1v) is 5.64. The van der Waals surface area contributed by atoms with Gasteiger partial charge in [0.15, 0.2) is 6.04 Å². The van der Waals surface area contributed by atoms with Crippen molar-refractivity contribution in [3.63, 3.8) is 0 Å². The lowest BCUT2D eigenvalue weighted by atomic mass is 10.2. The van der Waals surface area contributed by atoms with E-state index in [-0.39, 0.29) is 0 Å². The van der Waals surface area contributed by atoms with E-state index in [2.05, 4.69) is 5.32 Å². The molecule has 0 radical (unpaired) electrons. The summed E-state index contributed by atoms with van der Waals surface area (Å²) in [5, 5.41) is 35.3. The number of aliphatic hydroxyl groups excluding tert-OH is 1. The molecule has 120 valence electrons. The quantitative estimate of drug-likeness (QED) is 0.348. The van der Waals surface area contributed by atoms with E-state index in [9.17, 15) is 24.0 Å². The van der Waals surface area contributed by atoms with E-state index in [1.54, 1.807) is 0 Å². The van der Waals surface area contributed by atoms with E-state index in [1.165, 1.54) is 13.8 Å². The molecule has 10 nitrogen and oxygen atoms in total. The third-order valence-corrected chi connectivity index (χ3v) is 1.91. The molecule has 5 N–H and O–H groups in total. The van der Waals surface area contributed by atoms with Crippen molar-refractivity contribution in [3.8, 4) is 0 Å². The SMILES string of the molecule is CC(=O)N[C@H](C(=O)O)[C@@H](C)O.O=C(O)CCC(=O)C(=O)O. The van der Waals surface area contributed by atoms with Crippen molar-refractivity contribution in [2.24, 2.45) is 0 Å². The highest BCUT2D eigenvalue weighted by molar-refractivity contribution is 6.32. The number of aliphatic hydroxyl groups is 1. The van der Waals surface area contributed by atoms with Crippen LogP contribution in [0, 0.1) is 0 Å². The zero-order valence-corrected chi connectivity index (χ0v) is 11.4. The molecule has 0 aliphatic heterocycles. The fraction of sp³-hybridized carbons (Fsp3) is 0.545. The number of hydrogen-bond donors (Lipinski definition) is 5.